The van der Waals surface area contributed by atoms with E-state index in [-0.39, 0.29) is 48.8 Å². The van der Waals surface area contributed by atoms with Crippen molar-refractivity contribution >= 4 is 17.5 Å². The first-order chi connectivity index (χ1) is 14.7. The zero-order valence-electron chi connectivity index (χ0n) is 17.0. The molecule has 0 spiro atoms. The Morgan fingerprint density at radius 1 is 1.07 bits per heavy atom. The summed E-state index contributed by atoms with van der Waals surface area (Å²) in [6.07, 6.45) is 6.02. The average Bonchev–Trinajstić information content (AvgIpc) is 3.29. The number of hydrogen-bond acceptors (Lipinski definition) is 4. The number of pyridine rings is 1. The second kappa shape index (κ2) is 7.84. The van der Waals surface area contributed by atoms with Gasteiger partial charge in [-0.25, -0.2) is 0 Å². The van der Waals surface area contributed by atoms with Crippen LogP contribution in [0.5, 0.6) is 0 Å². The number of carbonyl (C=O) groups excluding carboxylic acids is 2. The second-order valence-corrected chi connectivity index (χ2v) is 8.63. The first-order valence-electron chi connectivity index (χ1n) is 10.9. The molecule has 1 aliphatic carbocycles. The molecule has 1 N–H and O–H groups in total. The normalized spacial score (nSPS) is 25.4. The highest BCUT2D eigenvalue weighted by Crippen LogP contribution is 2.49. The maximum Gasteiger partial charge on any atom is 0.230 e. The molecule has 3 aliphatic rings. The lowest BCUT2D eigenvalue weighted by Crippen LogP contribution is -2.71. The Bertz CT molecular complexity index is 942. The van der Waals surface area contributed by atoms with Crippen LogP contribution in [0.2, 0.25) is 0 Å². The molecule has 2 amide bonds. The second-order valence-electron chi connectivity index (χ2n) is 8.63. The van der Waals surface area contributed by atoms with Gasteiger partial charge < -0.3 is 14.9 Å². The molecule has 1 aromatic heterocycles. The molecule has 1 saturated heterocycles. The average molecular weight is 405 g/mol. The summed E-state index contributed by atoms with van der Waals surface area (Å²) in [5.41, 5.74) is 2.74. The number of aliphatic hydroxyl groups excluding tert-OH is 1. The Morgan fingerprint density at radius 2 is 1.83 bits per heavy atom. The van der Waals surface area contributed by atoms with Crippen molar-refractivity contribution in [1.29, 1.82) is 0 Å². The van der Waals surface area contributed by atoms with E-state index in [2.05, 4.69) is 4.98 Å². The number of fused-ring (bicyclic) bond motifs is 3. The van der Waals surface area contributed by atoms with E-state index < -0.39 is 0 Å². The molecular weight excluding hydrogens is 378 g/mol. The predicted molar refractivity (Wildman–Crippen MR) is 113 cm³/mol. The lowest BCUT2D eigenvalue weighted by Gasteiger charge is -2.59. The maximum absolute atomic E-state index is 13.3. The van der Waals surface area contributed by atoms with Crippen LogP contribution in [0, 0.1) is 5.92 Å². The van der Waals surface area contributed by atoms with Gasteiger partial charge in [0.15, 0.2) is 0 Å². The van der Waals surface area contributed by atoms with Gasteiger partial charge in [0.25, 0.3) is 0 Å². The zero-order valence-corrected chi connectivity index (χ0v) is 17.0. The molecule has 3 atom stereocenters. The Labute approximate surface area is 176 Å². The summed E-state index contributed by atoms with van der Waals surface area (Å²) in [6, 6.07) is 13.2. The van der Waals surface area contributed by atoms with Gasteiger partial charge in [0.05, 0.1) is 25.1 Å². The Hall–Kier alpha value is -2.73. The minimum absolute atomic E-state index is 0.0401. The van der Waals surface area contributed by atoms with Crippen LogP contribution in [0.3, 0.4) is 0 Å². The van der Waals surface area contributed by atoms with Gasteiger partial charge in [-0.3, -0.25) is 14.6 Å². The maximum atomic E-state index is 13.3. The molecular formula is C24H27N3O3. The molecule has 1 saturated carbocycles. The predicted octanol–water partition coefficient (Wildman–Crippen LogP) is 2.52. The highest BCUT2D eigenvalue weighted by Gasteiger charge is 2.55. The molecule has 30 heavy (non-hydrogen) atoms. The molecule has 156 valence electrons. The zero-order chi connectivity index (χ0) is 20.7. The van der Waals surface area contributed by atoms with Crippen molar-refractivity contribution < 1.29 is 14.7 Å². The van der Waals surface area contributed by atoms with Crippen molar-refractivity contribution in [2.75, 3.05) is 18.1 Å². The highest BCUT2D eigenvalue weighted by atomic mass is 16.3. The third-order valence-electron chi connectivity index (χ3n) is 7.00. The van der Waals surface area contributed by atoms with E-state index in [1.807, 2.05) is 47.4 Å². The van der Waals surface area contributed by atoms with E-state index in [1.165, 1.54) is 0 Å². The van der Waals surface area contributed by atoms with Gasteiger partial charge in [-0.05, 0) is 36.6 Å². The number of benzene rings is 1. The van der Waals surface area contributed by atoms with Crippen molar-refractivity contribution in [3.8, 4) is 0 Å². The molecule has 3 heterocycles. The topological polar surface area (TPSA) is 73.7 Å². The number of likely N-dealkylation sites (tertiary alicyclic amines) is 1. The van der Waals surface area contributed by atoms with E-state index in [0.717, 1.165) is 42.6 Å². The SMILES string of the molecule is O=C(C1CCCC1)N1C[C@@H]2[C@H](c3ccccc31)[C@H](CO)N2C(=O)Cc1ccccn1. The third-order valence-corrected chi connectivity index (χ3v) is 7.00. The summed E-state index contributed by atoms with van der Waals surface area (Å²) < 4.78 is 0. The van der Waals surface area contributed by atoms with E-state index in [9.17, 15) is 14.7 Å². The Balaban J connectivity index is 1.44. The summed E-state index contributed by atoms with van der Waals surface area (Å²) >= 11 is 0. The Morgan fingerprint density at radius 3 is 2.57 bits per heavy atom. The monoisotopic (exact) mass is 405 g/mol. The quantitative estimate of drug-likeness (QED) is 0.848. The van der Waals surface area contributed by atoms with E-state index in [0.29, 0.717) is 6.54 Å². The minimum atomic E-state index is -0.254. The van der Waals surface area contributed by atoms with Crippen LogP contribution >= 0.6 is 0 Å². The van der Waals surface area contributed by atoms with Crippen LogP contribution in [0.15, 0.2) is 48.7 Å². The van der Waals surface area contributed by atoms with Crippen LogP contribution in [0.1, 0.15) is 42.9 Å². The lowest BCUT2D eigenvalue weighted by atomic mass is 9.71. The molecule has 6 nitrogen and oxygen atoms in total. The van der Waals surface area contributed by atoms with Crippen LogP contribution in [0.25, 0.3) is 0 Å². The third kappa shape index (κ3) is 3.10. The highest BCUT2D eigenvalue weighted by molar-refractivity contribution is 5.97. The first-order valence-corrected chi connectivity index (χ1v) is 10.9. The largest absolute Gasteiger partial charge is 0.394 e. The molecule has 0 bridgehead atoms. The van der Waals surface area contributed by atoms with Crippen molar-refractivity contribution in [2.24, 2.45) is 5.92 Å². The van der Waals surface area contributed by atoms with Crippen molar-refractivity contribution in [1.82, 2.24) is 9.88 Å². The number of anilines is 1. The van der Waals surface area contributed by atoms with Crippen LogP contribution < -0.4 is 4.90 Å². The van der Waals surface area contributed by atoms with Crippen molar-refractivity contribution in [3.63, 3.8) is 0 Å². The number of para-hydroxylation sites is 1. The number of hydrogen-bond donors (Lipinski definition) is 1. The van der Waals surface area contributed by atoms with Gasteiger partial charge in [0.1, 0.15) is 0 Å². The summed E-state index contributed by atoms with van der Waals surface area (Å²) in [6.45, 7) is 0.418. The molecule has 0 radical (unpaired) electrons. The van der Waals surface area contributed by atoms with E-state index in [4.69, 9.17) is 0 Å². The fraction of sp³-hybridized carbons (Fsp3) is 0.458. The fourth-order valence-corrected chi connectivity index (χ4v) is 5.59. The van der Waals surface area contributed by atoms with Gasteiger partial charge in [-0.2, -0.15) is 0 Å². The minimum Gasteiger partial charge on any atom is -0.394 e. The van der Waals surface area contributed by atoms with Crippen LogP contribution in [-0.4, -0.2) is 52.0 Å². The molecule has 2 fully saturated rings. The van der Waals surface area contributed by atoms with Gasteiger partial charge in [-0.15, -0.1) is 0 Å². The van der Waals surface area contributed by atoms with Crippen molar-refractivity contribution in [3.05, 3.63) is 59.9 Å². The standard InChI is InChI=1S/C24H27N3O3/c28-15-21-23-18-10-3-4-11-19(18)26(24(30)16-7-1-2-8-16)14-20(23)27(21)22(29)13-17-9-5-6-12-25-17/h3-6,9-12,16,20-21,23,28H,1-2,7-8,13-15H2/t20-,21+,23+/m1/s1. The van der Waals surface area contributed by atoms with Crippen LogP contribution in [0.4, 0.5) is 5.69 Å². The number of aromatic nitrogens is 1. The number of rotatable bonds is 4. The lowest BCUT2D eigenvalue weighted by molar-refractivity contribution is -0.150. The Kier molecular flexibility index (Phi) is 5.03. The number of amides is 2. The molecule has 5 rings (SSSR count). The summed E-state index contributed by atoms with van der Waals surface area (Å²) in [5, 5.41) is 10.1. The number of aliphatic hydroxyl groups is 1. The smallest absolute Gasteiger partial charge is 0.230 e. The van der Waals surface area contributed by atoms with Crippen molar-refractivity contribution in [2.45, 2.75) is 50.1 Å². The fourth-order valence-electron chi connectivity index (χ4n) is 5.59. The molecule has 2 aliphatic heterocycles. The van der Waals surface area contributed by atoms with E-state index in [1.54, 1.807) is 11.1 Å². The van der Waals surface area contributed by atoms with E-state index >= 15 is 0 Å². The summed E-state index contributed by atoms with van der Waals surface area (Å²) in [5.74, 6) is 0.289. The van der Waals surface area contributed by atoms with Gasteiger partial charge >= 0.3 is 0 Å². The van der Waals surface area contributed by atoms with Gasteiger partial charge in [0.2, 0.25) is 11.8 Å². The van der Waals surface area contributed by atoms with Crippen LogP contribution in [-0.2, 0) is 16.0 Å². The van der Waals surface area contributed by atoms with Gasteiger partial charge in [-0.1, -0.05) is 37.1 Å². The number of carbonyl (C=O) groups is 2. The molecule has 1 aromatic carbocycles. The number of nitrogens with zero attached hydrogens (tertiary/aromatic N) is 3. The molecule has 6 heteroatoms. The molecule has 0 unspecified atom stereocenters. The summed E-state index contributed by atoms with van der Waals surface area (Å²) in [7, 11) is 0. The molecule has 2 aromatic rings. The first kappa shape index (κ1) is 19.2. The van der Waals surface area contributed by atoms with Gasteiger partial charge in [0, 0.05) is 36.0 Å². The summed E-state index contributed by atoms with van der Waals surface area (Å²) in [4.78, 5) is 34.4.